The smallest absolute Gasteiger partial charge is 0.269 e. The van der Waals surface area contributed by atoms with Gasteiger partial charge in [0.1, 0.15) is 5.69 Å². The number of nitro groups is 1. The number of hydrogen-bond acceptors (Lipinski definition) is 5. The van der Waals surface area contributed by atoms with E-state index in [-0.39, 0.29) is 10.6 Å². The number of hydrogen-bond donors (Lipinski definition) is 0. The van der Waals surface area contributed by atoms with E-state index in [2.05, 4.69) is 5.10 Å². The molecule has 0 aliphatic carbocycles. The van der Waals surface area contributed by atoms with E-state index in [0.717, 1.165) is 5.56 Å². The second kappa shape index (κ2) is 7.60. The Morgan fingerprint density at radius 2 is 1.67 bits per heavy atom. The van der Waals surface area contributed by atoms with Crippen LogP contribution in [0, 0.1) is 10.1 Å². The largest absolute Gasteiger partial charge is 0.272 e. The molecular weight excluding hydrogens is 404 g/mol. The molecule has 2 heterocycles. The topological polar surface area (TPSA) is 100 Å². The molecule has 8 nitrogen and oxygen atoms in total. The number of non-ortho nitro benzene ring substituents is 1. The van der Waals surface area contributed by atoms with Gasteiger partial charge in [-0.25, -0.2) is 12.4 Å². The van der Waals surface area contributed by atoms with Crippen molar-refractivity contribution in [1.29, 1.82) is 0 Å². The van der Waals surface area contributed by atoms with Gasteiger partial charge in [0, 0.05) is 54.0 Å². The highest BCUT2D eigenvalue weighted by molar-refractivity contribution is 7.90. The van der Waals surface area contributed by atoms with E-state index in [9.17, 15) is 18.5 Å². The molecule has 0 aliphatic rings. The first-order valence-corrected chi connectivity index (χ1v) is 10.7. The Morgan fingerprint density at radius 3 is 2.30 bits per heavy atom. The number of aromatic nitrogens is 3. The van der Waals surface area contributed by atoms with Gasteiger partial charge in [-0.2, -0.15) is 5.10 Å². The van der Waals surface area contributed by atoms with Crippen LogP contribution in [-0.4, -0.2) is 27.1 Å². The molecule has 0 unspecified atom stereocenters. The molecule has 0 saturated heterocycles. The normalized spacial score (nSPS) is 11.5. The third-order valence-electron chi connectivity index (χ3n) is 4.73. The maximum Gasteiger partial charge on any atom is 0.269 e. The van der Waals surface area contributed by atoms with Gasteiger partial charge in [0.25, 0.3) is 15.7 Å². The Bertz CT molecular complexity index is 1310. The summed E-state index contributed by atoms with van der Waals surface area (Å²) in [5.74, 6) is 0. The molecule has 0 saturated carbocycles. The number of benzene rings is 2. The second-order valence-electron chi connectivity index (χ2n) is 6.60. The number of nitro benzene ring substituents is 1. The summed E-state index contributed by atoms with van der Waals surface area (Å²) >= 11 is 0. The summed E-state index contributed by atoms with van der Waals surface area (Å²) in [6.45, 7) is 2.57. The molecule has 0 radical (unpaired) electrons. The third kappa shape index (κ3) is 3.50. The van der Waals surface area contributed by atoms with Crippen molar-refractivity contribution in [3.63, 3.8) is 0 Å². The average molecular weight is 422 g/mol. The maximum absolute atomic E-state index is 12.9. The van der Waals surface area contributed by atoms with Crippen LogP contribution in [0.3, 0.4) is 0 Å². The van der Waals surface area contributed by atoms with Gasteiger partial charge in [-0.05, 0) is 37.3 Å². The summed E-state index contributed by atoms with van der Waals surface area (Å²) in [5, 5.41) is 15.5. The monoisotopic (exact) mass is 422 g/mol. The predicted octanol–water partition coefficient (Wildman–Crippen LogP) is 4.18. The molecule has 9 heteroatoms. The zero-order valence-electron chi connectivity index (χ0n) is 16.0. The Hall–Kier alpha value is -3.72. The summed E-state index contributed by atoms with van der Waals surface area (Å²) in [6.07, 6.45) is 4.89. The highest BCUT2D eigenvalue weighted by Crippen LogP contribution is 2.33. The van der Waals surface area contributed by atoms with Crippen LogP contribution in [0.5, 0.6) is 0 Å². The van der Waals surface area contributed by atoms with Crippen molar-refractivity contribution in [3.05, 3.63) is 89.4 Å². The van der Waals surface area contributed by atoms with Crippen LogP contribution < -0.4 is 0 Å². The van der Waals surface area contributed by atoms with Crippen molar-refractivity contribution in [2.45, 2.75) is 18.4 Å². The number of aryl methyl sites for hydroxylation is 1. The number of rotatable bonds is 6. The molecule has 0 N–H and O–H groups in total. The Kier molecular flexibility index (Phi) is 4.96. The van der Waals surface area contributed by atoms with Gasteiger partial charge in [0.2, 0.25) is 0 Å². The molecule has 2 aromatic carbocycles. The standard InChI is InChI=1S/C21H18N4O4S/c1-2-23-15-20(21(22-23)16-8-10-18(11-9-16)25(26)27)17-12-13-24(14-17)30(28,29)19-6-4-3-5-7-19/h3-15H,2H2,1H3. The molecule has 152 valence electrons. The molecule has 0 amide bonds. The van der Waals surface area contributed by atoms with E-state index in [1.54, 1.807) is 59.4 Å². The minimum absolute atomic E-state index is 0.00432. The first kappa shape index (κ1) is 19.6. The van der Waals surface area contributed by atoms with Crippen molar-refractivity contribution >= 4 is 15.7 Å². The molecule has 0 fully saturated rings. The van der Waals surface area contributed by atoms with Crippen LogP contribution in [0.1, 0.15) is 6.92 Å². The summed E-state index contributed by atoms with van der Waals surface area (Å²) in [7, 11) is -3.70. The third-order valence-corrected chi connectivity index (χ3v) is 6.38. The molecule has 30 heavy (non-hydrogen) atoms. The number of nitrogens with zero attached hydrogens (tertiary/aromatic N) is 4. The van der Waals surface area contributed by atoms with Gasteiger partial charge in [-0.15, -0.1) is 0 Å². The van der Waals surface area contributed by atoms with Crippen LogP contribution >= 0.6 is 0 Å². The first-order chi connectivity index (χ1) is 14.4. The summed E-state index contributed by atoms with van der Waals surface area (Å²) in [4.78, 5) is 10.7. The summed E-state index contributed by atoms with van der Waals surface area (Å²) in [6, 6.07) is 16.1. The van der Waals surface area contributed by atoms with Crippen molar-refractivity contribution in [2.24, 2.45) is 0 Å². The molecule has 4 aromatic rings. The molecule has 0 atom stereocenters. The lowest BCUT2D eigenvalue weighted by atomic mass is 10.0. The average Bonchev–Trinajstić information content (AvgIpc) is 3.42. The maximum atomic E-state index is 12.9. The van der Waals surface area contributed by atoms with Crippen LogP contribution in [-0.2, 0) is 16.6 Å². The molecule has 2 aromatic heterocycles. The van der Waals surface area contributed by atoms with E-state index in [0.29, 0.717) is 23.4 Å². The Balaban J connectivity index is 1.77. The van der Waals surface area contributed by atoms with Gasteiger partial charge in [0.15, 0.2) is 0 Å². The van der Waals surface area contributed by atoms with Crippen molar-refractivity contribution in [3.8, 4) is 22.4 Å². The van der Waals surface area contributed by atoms with Gasteiger partial charge in [-0.1, -0.05) is 18.2 Å². The van der Waals surface area contributed by atoms with Gasteiger partial charge < -0.3 is 0 Å². The molecular formula is C21H18N4O4S. The zero-order chi connectivity index (χ0) is 21.3. The lowest BCUT2D eigenvalue weighted by Crippen LogP contribution is -2.10. The summed E-state index contributed by atoms with van der Waals surface area (Å²) < 4.78 is 28.7. The van der Waals surface area contributed by atoms with E-state index in [4.69, 9.17) is 0 Å². The molecule has 4 rings (SSSR count). The van der Waals surface area contributed by atoms with E-state index in [1.807, 2.05) is 13.1 Å². The molecule has 0 spiro atoms. The van der Waals surface area contributed by atoms with E-state index < -0.39 is 14.9 Å². The lowest BCUT2D eigenvalue weighted by Gasteiger charge is -2.05. The zero-order valence-corrected chi connectivity index (χ0v) is 16.9. The van der Waals surface area contributed by atoms with Crippen LogP contribution in [0.2, 0.25) is 0 Å². The van der Waals surface area contributed by atoms with Crippen LogP contribution in [0.4, 0.5) is 5.69 Å². The quantitative estimate of drug-likeness (QED) is 0.343. The SMILES string of the molecule is CCn1cc(-c2ccn(S(=O)(=O)c3ccccc3)c2)c(-c2ccc([N+](=O)[O-])cc2)n1. The fourth-order valence-corrected chi connectivity index (χ4v) is 4.37. The summed E-state index contributed by atoms with van der Waals surface area (Å²) in [5.41, 5.74) is 2.76. The Morgan fingerprint density at radius 1 is 0.967 bits per heavy atom. The molecule has 0 aliphatic heterocycles. The molecule has 0 bridgehead atoms. The van der Waals surface area contributed by atoms with Gasteiger partial charge in [0.05, 0.1) is 9.82 Å². The highest BCUT2D eigenvalue weighted by atomic mass is 32.2. The van der Waals surface area contributed by atoms with Crippen LogP contribution in [0.15, 0.2) is 84.1 Å². The van der Waals surface area contributed by atoms with Crippen molar-refractivity contribution < 1.29 is 13.3 Å². The highest BCUT2D eigenvalue weighted by Gasteiger charge is 2.19. The van der Waals surface area contributed by atoms with Crippen molar-refractivity contribution in [2.75, 3.05) is 0 Å². The Labute approximate surface area is 173 Å². The first-order valence-electron chi connectivity index (χ1n) is 9.21. The van der Waals surface area contributed by atoms with Crippen LogP contribution in [0.25, 0.3) is 22.4 Å². The van der Waals surface area contributed by atoms with Crippen molar-refractivity contribution in [1.82, 2.24) is 13.8 Å². The minimum atomic E-state index is -3.70. The van der Waals surface area contributed by atoms with Gasteiger partial charge >= 0.3 is 0 Å². The fourth-order valence-electron chi connectivity index (χ4n) is 3.15. The fraction of sp³-hybridized carbons (Fsp3) is 0.0952. The van der Waals surface area contributed by atoms with E-state index >= 15 is 0 Å². The minimum Gasteiger partial charge on any atom is -0.272 e. The predicted molar refractivity (Wildman–Crippen MR) is 112 cm³/mol. The van der Waals surface area contributed by atoms with Gasteiger partial charge in [-0.3, -0.25) is 14.8 Å². The lowest BCUT2D eigenvalue weighted by molar-refractivity contribution is -0.384. The second-order valence-corrected chi connectivity index (χ2v) is 8.44. The van der Waals surface area contributed by atoms with E-state index in [1.165, 1.54) is 22.3 Å².